The fourth-order valence-corrected chi connectivity index (χ4v) is 2.37. The first-order chi connectivity index (χ1) is 11.9. The Bertz CT molecular complexity index is 667. The molecule has 0 fully saturated rings. The molecule has 0 saturated carbocycles. The molecule has 0 bridgehead atoms. The smallest absolute Gasteiger partial charge is 0.504 e. The Kier molecular flexibility index (Phi) is 6.56. The van der Waals surface area contributed by atoms with Crippen molar-refractivity contribution in [2.45, 2.75) is 39.0 Å². The molecule has 3 nitrogen and oxygen atoms in total. The molecule has 0 aliphatic carbocycles. The molecule has 2 rings (SSSR count). The molecule has 0 spiro atoms. The Labute approximate surface area is 145 Å². The van der Waals surface area contributed by atoms with Crippen molar-refractivity contribution in [1.82, 2.24) is 0 Å². The lowest BCUT2D eigenvalue weighted by atomic mass is 10.1. The third-order valence-corrected chi connectivity index (χ3v) is 3.64. The van der Waals surface area contributed by atoms with E-state index in [2.05, 4.69) is 11.7 Å². The van der Waals surface area contributed by atoms with Crippen LogP contribution in [0.1, 0.15) is 32.6 Å². The van der Waals surface area contributed by atoms with Gasteiger partial charge in [0.15, 0.2) is 11.5 Å². The van der Waals surface area contributed by atoms with Gasteiger partial charge in [0.05, 0.1) is 6.61 Å². The van der Waals surface area contributed by atoms with Crippen LogP contribution in [0.3, 0.4) is 0 Å². The van der Waals surface area contributed by atoms with Gasteiger partial charge in [-0.2, -0.15) is 0 Å². The highest BCUT2D eigenvalue weighted by molar-refractivity contribution is 5.67. The number of phenolic OH excluding ortho intramolecular Hbond substituents is 1. The van der Waals surface area contributed by atoms with E-state index in [-0.39, 0.29) is 11.5 Å². The summed E-state index contributed by atoms with van der Waals surface area (Å²) in [5, 5.41) is 9.89. The highest BCUT2D eigenvalue weighted by atomic mass is 19.4. The van der Waals surface area contributed by atoms with Gasteiger partial charge in [0.25, 0.3) is 0 Å². The average molecular weight is 354 g/mol. The third kappa shape index (κ3) is 6.21. The highest BCUT2D eigenvalue weighted by Crippen LogP contribution is 2.33. The first-order valence-corrected chi connectivity index (χ1v) is 8.21. The Hall–Kier alpha value is -2.37. The summed E-state index contributed by atoms with van der Waals surface area (Å²) in [5.74, 6) is 0.128. The van der Waals surface area contributed by atoms with Gasteiger partial charge in [-0.15, -0.1) is 13.2 Å². The Balaban J connectivity index is 2.05. The van der Waals surface area contributed by atoms with Crippen molar-refractivity contribution in [3.63, 3.8) is 0 Å². The topological polar surface area (TPSA) is 38.7 Å². The molecule has 1 N–H and O–H groups in total. The first-order valence-electron chi connectivity index (χ1n) is 8.21. The van der Waals surface area contributed by atoms with Crippen LogP contribution in [0.15, 0.2) is 42.5 Å². The zero-order valence-corrected chi connectivity index (χ0v) is 14.0. The van der Waals surface area contributed by atoms with Crippen molar-refractivity contribution in [2.75, 3.05) is 6.61 Å². The van der Waals surface area contributed by atoms with Gasteiger partial charge in [-0.3, -0.25) is 0 Å². The van der Waals surface area contributed by atoms with E-state index in [1.807, 2.05) is 0 Å². The maximum atomic E-state index is 12.2. The fourth-order valence-electron chi connectivity index (χ4n) is 2.37. The molecule has 0 radical (unpaired) electrons. The third-order valence-electron chi connectivity index (χ3n) is 3.64. The van der Waals surface area contributed by atoms with E-state index in [1.165, 1.54) is 30.3 Å². The van der Waals surface area contributed by atoms with Crippen molar-refractivity contribution in [1.29, 1.82) is 0 Å². The van der Waals surface area contributed by atoms with Crippen molar-refractivity contribution in [2.24, 2.45) is 0 Å². The van der Waals surface area contributed by atoms with Crippen LogP contribution in [-0.2, 0) is 0 Å². The molecule has 0 amide bonds. The molecule has 0 aliphatic heterocycles. The van der Waals surface area contributed by atoms with Crippen LogP contribution in [0.2, 0.25) is 0 Å². The van der Waals surface area contributed by atoms with E-state index in [1.54, 1.807) is 12.1 Å². The van der Waals surface area contributed by atoms with Gasteiger partial charge in [0, 0.05) is 0 Å². The van der Waals surface area contributed by atoms with Gasteiger partial charge in [-0.25, -0.2) is 0 Å². The average Bonchev–Trinajstić information content (AvgIpc) is 2.55. The second-order valence-electron chi connectivity index (χ2n) is 5.66. The van der Waals surface area contributed by atoms with Crippen LogP contribution >= 0.6 is 0 Å². The van der Waals surface area contributed by atoms with Crippen LogP contribution in [0.25, 0.3) is 11.1 Å². The lowest BCUT2D eigenvalue weighted by Crippen LogP contribution is -2.16. The maximum absolute atomic E-state index is 12.2. The van der Waals surface area contributed by atoms with E-state index >= 15 is 0 Å². The van der Waals surface area contributed by atoms with Crippen LogP contribution in [0.4, 0.5) is 13.2 Å². The zero-order chi connectivity index (χ0) is 18.3. The van der Waals surface area contributed by atoms with Gasteiger partial charge in [0.1, 0.15) is 5.75 Å². The predicted molar refractivity (Wildman–Crippen MR) is 89.9 cm³/mol. The van der Waals surface area contributed by atoms with Crippen LogP contribution in [-0.4, -0.2) is 18.1 Å². The number of phenols is 1. The lowest BCUT2D eigenvalue weighted by molar-refractivity contribution is -0.274. The number of unbranched alkanes of at least 4 members (excludes halogenated alkanes) is 3. The van der Waals surface area contributed by atoms with Crippen molar-refractivity contribution < 1.29 is 27.8 Å². The molecule has 0 aliphatic rings. The zero-order valence-electron chi connectivity index (χ0n) is 14.0. The summed E-state index contributed by atoms with van der Waals surface area (Å²) < 4.78 is 46.0. The van der Waals surface area contributed by atoms with Crippen molar-refractivity contribution in [3.8, 4) is 28.4 Å². The molecular formula is C19H21F3O3. The molecule has 2 aromatic rings. The highest BCUT2D eigenvalue weighted by Gasteiger charge is 2.30. The summed E-state index contributed by atoms with van der Waals surface area (Å²) in [5.41, 5.74) is 1.44. The number of ether oxygens (including phenoxy) is 2. The molecule has 25 heavy (non-hydrogen) atoms. The van der Waals surface area contributed by atoms with Gasteiger partial charge < -0.3 is 14.6 Å². The Morgan fingerprint density at radius 2 is 1.60 bits per heavy atom. The minimum Gasteiger partial charge on any atom is -0.504 e. The van der Waals surface area contributed by atoms with Gasteiger partial charge in [-0.05, 0) is 41.8 Å². The van der Waals surface area contributed by atoms with E-state index in [9.17, 15) is 18.3 Å². The van der Waals surface area contributed by atoms with Gasteiger partial charge in [-0.1, -0.05) is 44.4 Å². The molecule has 6 heteroatoms. The fraction of sp³-hybridized carbons (Fsp3) is 0.368. The van der Waals surface area contributed by atoms with Crippen LogP contribution in [0.5, 0.6) is 17.2 Å². The Morgan fingerprint density at radius 1 is 0.920 bits per heavy atom. The number of aromatic hydroxyl groups is 1. The van der Waals surface area contributed by atoms with E-state index < -0.39 is 6.36 Å². The molecule has 136 valence electrons. The summed E-state index contributed by atoms with van der Waals surface area (Å²) in [7, 11) is 0. The van der Waals surface area contributed by atoms with Crippen molar-refractivity contribution in [3.05, 3.63) is 42.5 Å². The molecule has 0 aromatic heterocycles. The summed E-state index contributed by atoms with van der Waals surface area (Å²) in [4.78, 5) is 0. The van der Waals surface area contributed by atoms with Crippen molar-refractivity contribution >= 4 is 0 Å². The van der Waals surface area contributed by atoms with E-state index in [4.69, 9.17) is 4.74 Å². The predicted octanol–water partition coefficient (Wildman–Crippen LogP) is 5.92. The standard InChI is InChI=1S/C19H21F3O3/c1-2-3-4-5-12-24-18-13-15(8-11-17(18)23)14-6-9-16(10-7-14)25-19(20,21)22/h6-11,13,23H,2-5,12H2,1H3. The number of benzene rings is 2. The number of hydrogen-bond acceptors (Lipinski definition) is 3. The Morgan fingerprint density at radius 3 is 2.24 bits per heavy atom. The van der Waals surface area contributed by atoms with E-state index in [0.717, 1.165) is 31.2 Å². The summed E-state index contributed by atoms with van der Waals surface area (Å²) in [6.07, 6.45) is -0.464. The normalized spacial score (nSPS) is 11.4. The number of alkyl halides is 3. The molecule has 0 atom stereocenters. The van der Waals surface area contributed by atoms with Gasteiger partial charge in [0.2, 0.25) is 0 Å². The molecule has 0 unspecified atom stereocenters. The maximum Gasteiger partial charge on any atom is 0.573 e. The van der Waals surface area contributed by atoms with E-state index in [0.29, 0.717) is 17.9 Å². The first kappa shape index (κ1) is 19.0. The largest absolute Gasteiger partial charge is 0.573 e. The summed E-state index contributed by atoms with van der Waals surface area (Å²) in [6, 6.07) is 10.4. The number of rotatable bonds is 8. The minimum absolute atomic E-state index is 0.0382. The van der Waals surface area contributed by atoms with Crippen LogP contribution < -0.4 is 9.47 Å². The quantitative estimate of drug-likeness (QED) is 0.598. The molecule has 0 heterocycles. The second-order valence-corrected chi connectivity index (χ2v) is 5.66. The van der Waals surface area contributed by atoms with Gasteiger partial charge >= 0.3 is 6.36 Å². The lowest BCUT2D eigenvalue weighted by Gasteiger charge is -2.11. The molecular weight excluding hydrogens is 333 g/mol. The SMILES string of the molecule is CCCCCCOc1cc(-c2ccc(OC(F)(F)F)cc2)ccc1O. The molecule has 2 aromatic carbocycles. The summed E-state index contributed by atoms with van der Waals surface area (Å²) in [6.45, 7) is 2.64. The monoisotopic (exact) mass is 354 g/mol. The number of hydrogen-bond donors (Lipinski definition) is 1. The summed E-state index contributed by atoms with van der Waals surface area (Å²) >= 11 is 0. The number of halogens is 3. The molecule has 0 saturated heterocycles. The second kappa shape index (κ2) is 8.65. The van der Waals surface area contributed by atoms with Crippen LogP contribution in [0, 0.1) is 0 Å². The minimum atomic E-state index is -4.71.